The standard InChI is InChI=1S/C14H11N3O2/c1-19-14(18)11(8-15)7-12-9-16-13(17-12)10-5-3-2-4-6-10/h2-7,9H,1H3,(H,16,17)/b11-7-. The van der Waals surface area contributed by atoms with Gasteiger partial charge in [-0.3, -0.25) is 0 Å². The Kier molecular flexibility index (Phi) is 3.74. The van der Waals surface area contributed by atoms with Crippen molar-refractivity contribution in [2.24, 2.45) is 0 Å². The van der Waals surface area contributed by atoms with Crippen LogP contribution >= 0.6 is 0 Å². The third kappa shape index (κ3) is 2.87. The van der Waals surface area contributed by atoms with Crippen molar-refractivity contribution in [1.82, 2.24) is 9.97 Å². The van der Waals surface area contributed by atoms with Crippen molar-refractivity contribution in [3.8, 4) is 17.5 Å². The Labute approximate surface area is 110 Å². The van der Waals surface area contributed by atoms with Crippen LogP contribution in [0.1, 0.15) is 5.69 Å². The van der Waals surface area contributed by atoms with E-state index in [-0.39, 0.29) is 5.57 Å². The molecule has 19 heavy (non-hydrogen) atoms. The first-order valence-corrected chi connectivity index (χ1v) is 5.55. The van der Waals surface area contributed by atoms with Crippen molar-refractivity contribution in [3.05, 3.63) is 47.8 Å². The molecule has 0 fully saturated rings. The summed E-state index contributed by atoms with van der Waals surface area (Å²) in [7, 11) is 1.23. The van der Waals surface area contributed by atoms with Gasteiger partial charge in [-0.05, 0) is 6.08 Å². The zero-order valence-electron chi connectivity index (χ0n) is 10.3. The summed E-state index contributed by atoms with van der Waals surface area (Å²) in [6.45, 7) is 0. The summed E-state index contributed by atoms with van der Waals surface area (Å²) in [5, 5.41) is 8.86. The minimum Gasteiger partial charge on any atom is -0.465 e. The van der Waals surface area contributed by atoms with E-state index in [2.05, 4.69) is 14.7 Å². The summed E-state index contributed by atoms with van der Waals surface area (Å²) in [5.41, 5.74) is 1.42. The van der Waals surface area contributed by atoms with Gasteiger partial charge in [-0.25, -0.2) is 9.78 Å². The van der Waals surface area contributed by atoms with Crippen LogP contribution in [0.2, 0.25) is 0 Å². The zero-order valence-corrected chi connectivity index (χ0v) is 10.3. The molecule has 0 aliphatic carbocycles. The number of aromatic amines is 1. The maximum Gasteiger partial charge on any atom is 0.348 e. The number of imidazole rings is 1. The highest BCUT2D eigenvalue weighted by atomic mass is 16.5. The van der Waals surface area contributed by atoms with Crippen molar-refractivity contribution >= 4 is 12.0 Å². The number of hydrogen-bond acceptors (Lipinski definition) is 4. The van der Waals surface area contributed by atoms with Crippen LogP contribution in [-0.4, -0.2) is 23.0 Å². The van der Waals surface area contributed by atoms with E-state index in [1.54, 1.807) is 12.3 Å². The van der Waals surface area contributed by atoms with Gasteiger partial charge >= 0.3 is 5.97 Å². The molecule has 0 unspecified atom stereocenters. The van der Waals surface area contributed by atoms with E-state index < -0.39 is 5.97 Å². The number of esters is 1. The van der Waals surface area contributed by atoms with E-state index in [1.165, 1.54) is 13.2 Å². The minimum absolute atomic E-state index is 0.0780. The van der Waals surface area contributed by atoms with Crippen molar-refractivity contribution in [2.45, 2.75) is 0 Å². The number of hydrogen-bond donors (Lipinski definition) is 1. The van der Waals surface area contributed by atoms with Crippen LogP contribution in [0.15, 0.2) is 42.1 Å². The zero-order chi connectivity index (χ0) is 13.7. The molecule has 0 saturated heterocycles. The van der Waals surface area contributed by atoms with Gasteiger partial charge in [0.1, 0.15) is 17.5 Å². The molecular formula is C14H11N3O2. The lowest BCUT2D eigenvalue weighted by molar-refractivity contribution is -0.135. The third-order valence-electron chi connectivity index (χ3n) is 2.47. The molecule has 1 N–H and O–H groups in total. The Bertz CT molecular complexity index is 651. The van der Waals surface area contributed by atoms with Crippen molar-refractivity contribution in [1.29, 1.82) is 5.26 Å². The van der Waals surface area contributed by atoms with Gasteiger partial charge in [-0.1, -0.05) is 30.3 Å². The number of ether oxygens (including phenoxy) is 1. The van der Waals surface area contributed by atoms with Gasteiger partial charge in [0.25, 0.3) is 0 Å². The summed E-state index contributed by atoms with van der Waals surface area (Å²) >= 11 is 0. The van der Waals surface area contributed by atoms with Crippen molar-refractivity contribution < 1.29 is 9.53 Å². The van der Waals surface area contributed by atoms with Crippen LogP contribution < -0.4 is 0 Å². The Morgan fingerprint density at radius 2 is 2.16 bits per heavy atom. The second-order valence-corrected chi connectivity index (χ2v) is 3.71. The van der Waals surface area contributed by atoms with E-state index in [1.807, 2.05) is 30.3 Å². The fraction of sp³-hybridized carbons (Fsp3) is 0.0714. The minimum atomic E-state index is -0.668. The van der Waals surface area contributed by atoms with Crippen LogP contribution in [-0.2, 0) is 9.53 Å². The van der Waals surface area contributed by atoms with Crippen molar-refractivity contribution in [3.63, 3.8) is 0 Å². The van der Waals surface area contributed by atoms with Gasteiger partial charge in [-0.15, -0.1) is 0 Å². The topological polar surface area (TPSA) is 78.8 Å². The number of carbonyl (C=O) groups excluding carboxylic acids is 1. The molecule has 1 aromatic carbocycles. The lowest BCUT2D eigenvalue weighted by atomic mass is 10.2. The van der Waals surface area contributed by atoms with Crippen LogP contribution in [0.25, 0.3) is 17.5 Å². The van der Waals surface area contributed by atoms with Crippen molar-refractivity contribution in [2.75, 3.05) is 7.11 Å². The smallest absolute Gasteiger partial charge is 0.348 e. The third-order valence-corrected chi connectivity index (χ3v) is 2.47. The second kappa shape index (κ2) is 5.65. The van der Waals surface area contributed by atoms with Crippen LogP contribution in [0.3, 0.4) is 0 Å². The first-order valence-electron chi connectivity index (χ1n) is 5.55. The number of benzene rings is 1. The highest BCUT2D eigenvalue weighted by Crippen LogP contribution is 2.16. The van der Waals surface area contributed by atoms with Crippen LogP contribution in [0.5, 0.6) is 0 Å². The Morgan fingerprint density at radius 3 is 2.79 bits per heavy atom. The molecule has 1 heterocycles. The van der Waals surface area contributed by atoms with Gasteiger partial charge in [0.15, 0.2) is 0 Å². The lowest BCUT2D eigenvalue weighted by Crippen LogP contribution is -2.02. The van der Waals surface area contributed by atoms with E-state index in [4.69, 9.17) is 5.26 Å². The maximum absolute atomic E-state index is 11.3. The fourth-order valence-corrected chi connectivity index (χ4v) is 1.55. The highest BCUT2D eigenvalue weighted by molar-refractivity contribution is 5.97. The number of aromatic nitrogens is 2. The molecule has 2 aromatic rings. The Morgan fingerprint density at radius 1 is 1.42 bits per heavy atom. The molecule has 0 aliphatic heterocycles. The fourth-order valence-electron chi connectivity index (χ4n) is 1.55. The molecule has 0 atom stereocenters. The van der Waals surface area contributed by atoms with Gasteiger partial charge in [0.2, 0.25) is 0 Å². The SMILES string of the molecule is COC(=O)/C(C#N)=C\c1cnc(-c2ccccc2)[nH]1. The average molecular weight is 253 g/mol. The molecule has 2 rings (SSSR count). The van der Waals surface area contributed by atoms with Gasteiger partial charge in [-0.2, -0.15) is 5.26 Å². The molecule has 5 heteroatoms. The quantitative estimate of drug-likeness (QED) is 0.516. The summed E-state index contributed by atoms with van der Waals surface area (Å²) in [6.07, 6.45) is 2.97. The number of rotatable bonds is 3. The first-order chi connectivity index (χ1) is 9.24. The largest absolute Gasteiger partial charge is 0.465 e. The Hall–Kier alpha value is -2.87. The monoisotopic (exact) mass is 253 g/mol. The molecular weight excluding hydrogens is 242 g/mol. The van der Waals surface area contributed by atoms with E-state index in [9.17, 15) is 4.79 Å². The molecule has 0 saturated carbocycles. The average Bonchev–Trinajstić information content (AvgIpc) is 2.93. The van der Waals surface area contributed by atoms with E-state index >= 15 is 0 Å². The number of carbonyl (C=O) groups is 1. The molecule has 0 spiro atoms. The molecule has 0 amide bonds. The van der Waals surface area contributed by atoms with Gasteiger partial charge in [0.05, 0.1) is 19.0 Å². The number of nitrogens with zero attached hydrogens (tertiary/aromatic N) is 2. The number of H-pyrrole nitrogens is 1. The number of nitrogens with one attached hydrogen (secondary N) is 1. The van der Waals surface area contributed by atoms with Gasteiger partial charge in [0, 0.05) is 5.56 Å². The van der Waals surface area contributed by atoms with E-state index in [0.717, 1.165) is 5.56 Å². The molecule has 5 nitrogen and oxygen atoms in total. The van der Waals surface area contributed by atoms with Crippen LogP contribution in [0, 0.1) is 11.3 Å². The number of methoxy groups -OCH3 is 1. The summed E-state index contributed by atoms with van der Waals surface area (Å²) in [4.78, 5) is 18.5. The predicted octanol–water partition coefficient (Wildman–Crippen LogP) is 2.16. The summed E-state index contributed by atoms with van der Waals surface area (Å²) in [5.74, 6) is 0.00682. The van der Waals surface area contributed by atoms with E-state index in [0.29, 0.717) is 11.5 Å². The predicted molar refractivity (Wildman–Crippen MR) is 69.6 cm³/mol. The molecule has 94 valence electrons. The Balaban J connectivity index is 2.30. The van der Waals surface area contributed by atoms with Gasteiger partial charge < -0.3 is 9.72 Å². The lowest BCUT2D eigenvalue weighted by Gasteiger charge is -1.95. The molecule has 1 aromatic heterocycles. The highest BCUT2D eigenvalue weighted by Gasteiger charge is 2.09. The summed E-state index contributed by atoms with van der Waals surface area (Å²) in [6, 6.07) is 11.3. The normalized spacial score (nSPS) is 10.8. The number of nitriles is 1. The first kappa shape index (κ1) is 12.6. The maximum atomic E-state index is 11.3. The van der Waals surface area contributed by atoms with Crippen LogP contribution in [0.4, 0.5) is 0 Å². The summed E-state index contributed by atoms with van der Waals surface area (Å²) < 4.78 is 4.50. The molecule has 0 aliphatic rings. The molecule has 0 radical (unpaired) electrons. The molecule has 0 bridgehead atoms. The second-order valence-electron chi connectivity index (χ2n) is 3.71.